The lowest BCUT2D eigenvalue weighted by Crippen LogP contribution is -2.36. The molecule has 176 valence electrons. The van der Waals surface area contributed by atoms with Crippen molar-refractivity contribution in [2.75, 3.05) is 12.0 Å². The number of carbonyl (C=O) groups is 3. The van der Waals surface area contributed by atoms with E-state index in [2.05, 4.69) is 27.7 Å². The third kappa shape index (κ3) is 3.26. The lowest BCUT2D eigenvalue weighted by molar-refractivity contribution is -0.119. The Balaban J connectivity index is 1.59. The number of amides is 2. The maximum atomic E-state index is 13.4. The van der Waals surface area contributed by atoms with Crippen LogP contribution in [0.3, 0.4) is 0 Å². The Kier molecular flexibility index (Phi) is 4.94. The molecule has 1 spiro atoms. The average Bonchev–Trinajstić information content (AvgIpc) is 3.36. The van der Waals surface area contributed by atoms with Crippen LogP contribution in [0.1, 0.15) is 44.2 Å². The minimum Gasteiger partial charge on any atom is -0.497 e. The summed E-state index contributed by atoms with van der Waals surface area (Å²) in [5, 5.41) is 14.9. The zero-order chi connectivity index (χ0) is 24.6. The largest absolute Gasteiger partial charge is 0.497 e. The van der Waals surface area contributed by atoms with Gasteiger partial charge in [0.05, 0.1) is 23.7 Å². The highest BCUT2D eigenvalue weighted by atomic mass is 127. The number of halogens is 1. The fraction of sp³-hybridized carbons (Fsp3) is 0.333. The highest BCUT2D eigenvalue weighted by Crippen LogP contribution is 2.66. The first-order chi connectivity index (χ1) is 16.0. The number of hydrogen-bond donors (Lipinski definition) is 1. The maximum absolute atomic E-state index is 13.4. The Bertz CT molecular complexity index is 1390. The van der Waals surface area contributed by atoms with Crippen LogP contribution in [-0.2, 0) is 14.9 Å². The van der Waals surface area contributed by atoms with Gasteiger partial charge in [-0.15, -0.1) is 0 Å². The summed E-state index contributed by atoms with van der Waals surface area (Å²) in [6.07, 6.45) is -1.45. The standard InChI is InChI=1S/C24H22IN3O6/c1-23(2,3)34-22(32)28-18-9-12(5-7-14(18)19(25)26-28)16-11-24(16)15-10-13(33-4)6-8-17(15)27(20(24)29)21(30)31/h5-10,16H,11H2,1-4H3,(H,30,31)/t16-,24?/m0/s1. The third-order valence-electron chi connectivity index (χ3n) is 6.29. The van der Waals surface area contributed by atoms with E-state index in [1.165, 1.54) is 11.8 Å². The molecular formula is C24H22IN3O6. The summed E-state index contributed by atoms with van der Waals surface area (Å²) in [6.45, 7) is 5.35. The molecule has 10 heteroatoms. The van der Waals surface area contributed by atoms with Crippen LogP contribution < -0.4 is 9.64 Å². The molecule has 9 nitrogen and oxygen atoms in total. The van der Waals surface area contributed by atoms with Gasteiger partial charge in [-0.2, -0.15) is 9.78 Å². The monoisotopic (exact) mass is 575 g/mol. The molecule has 2 amide bonds. The second-order valence-corrected chi connectivity index (χ2v) is 10.5. The lowest BCUT2D eigenvalue weighted by Gasteiger charge is -2.19. The molecule has 1 unspecified atom stereocenters. The molecular weight excluding hydrogens is 553 g/mol. The topological polar surface area (TPSA) is 111 Å². The quantitative estimate of drug-likeness (QED) is 0.434. The molecule has 0 saturated heterocycles. The van der Waals surface area contributed by atoms with Gasteiger partial charge >= 0.3 is 12.2 Å². The minimum absolute atomic E-state index is 0.251. The van der Waals surface area contributed by atoms with Crippen LogP contribution in [0.4, 0.5) is 15.3 Å². The molecule has 1 saturated carbocycles. The van der Waals surface area contributed by atoms with Crippen molar-refractivity contribution < 1.29 is 29.0 Å². The summed E-state index contributed by atoms with van der Waals surface area (Å²) in [7, 11) is 1.53. The van der Waals surface area contributed by atoms with Crippen molar-refractivity contribution in [3.05, 3.63) is 51.2 Å². The molecule has 0 radical (unpaired) electrons. The number of hydrogen-bond acceptors (Lipinski definition) is 6. The van der Waals surface area contributed by atoms with Crippen LogP contribution in [0.15, 0.2) is 36.4 Å². The molecule has 1 aliphatic heterocycles. The molecule has 1 fully saturated rings. The number of carbonyl (C=O) groups excluding carboxylic acids is 2. The summed E-state index contributed by atoms with van der Waals surface area (Å²) >= 11 is 2.07. The first-order valence-corrected chi connectivity index (χ1v) is 11.7. The molecule has 2 aromatic carbocycles. The van der Waals surface area contributed by atoms with Crippen molar-refractivity contribution in [2.45, 2.75) is 44.1 Å². The number of rotatable bonds is 2. The van der Waals surface area contributed by atoms with Gasteiger partial charge in [-0.1, -0.05) is 6.07 Å². The summed E-state index contributed by atoms with van der Waals surface area (Å²) in [4.78, 5) is 38.9. The zero-order valence-electron chi connectivity index (χ0n) is 19.0. The highest BCUT2D eigenvalue weighted by Gasteiger charge is 2.68. The summed E-state index contributed by atoms with van der Waals surface area (Å²) in [5.41, 5.74) is 0.723. The second kappa shape index (κ2) is 7.42. The molecule has 2 heterocycles. The zero-order valence-corrected chi connectivity index (χ0v) is 21.1. The van der Waals surface area contributed by atoms with Crippen LogP contribution in [0.5, 0.6) is 5.75 Å². The van der Waals surface area contributed by atoms with Crippen molar-refractivity contribution in [3.63, 3.8) is 0 Å². The number of methoxy groups -OCH3 is 1. The third-order valence-corrected chi connectivity index (χ3v) is 7.09. The molecule has 0 bridgehead atoms. The van der Waals surface area contributed by atoms with Gasteiger partial charge in [0.15, 0.2) is 0 Å². The Morgan fingerprint density at radius 3 is 2.59 bits per heavy atom. The number of nitrogens with zero attached hydrogens (tertiary/aromatic N) is 3. The number of imide groups is 1. The van der Waals surface area contributed by atoms with Gasteiger partial charge in [-0.05, 0) is 91.2 Å². The fourth-order valence-corrected chi connectivity index (χ4v) is 5.43. The number of fused-ring (bicyclic) bond motifs is 3. The van der Waals surface area contributed by atoms with E-state index >= 15 is 0 Å². The Morgan fingerprint density at radius 2 is 1.94 bits per heavy atom. The number of anilines is 1. The van der Waals surface area contributed by atoms with Crippen LogP contribution in [0.25, 0.3) is 10.9 Å². The maximum Gasteiger partial charge on any atom is 0.435 e. The SMILES string of the molecule is COc1ccc2c(c1)C1(C[C@H]1c1ccc3c(I)nn(C(=O)OC(C)(C)C)c3c1)C(=O)N2C(=O)O. The summed E-state index contributed by atoms with van der Waals surface area (Å²) < 4.78 is 12.7. The highest BCUT2D eigenvalue weighted by molar-refractivity contribution is 14.1. The van der Waals surface area contributed by atoms with E-state index in [0.29, 0.717) is 32.6 Å². The van der Waals surface area contributed by atoms with Gasteiger partial charge in [0.25, 0.3) is 0 Å². The molecule has 1 N–H and O–H groups in total. The summed E-state index contributed by atoms with van der Waals surface area (Å²) in [5.74, 6) is -0.167. The van der Waals surface area contributed by atoms with Crippen molar-refractivity contribution in [2.24, 2.45) is 0 Å². The van der Waals surface area contributed by atoms with E-state index in [1.807, 2.05) is 18.2 Å². The van der Waals surface area contributed by atoms with E-state index in [4.69, 9.17) is 9.47 Å². The van der Waals surface area contributed by atoms with E-state index < -0.39 is 29.1 Å². The van der Waals surface area contributed by atoms with Crippen LogP contribution in [-0.4, -0.2) is 45.7 Å². The molecule has 1 aromatic heterocycles. The number of benzene rings is 2. The van der Waals surface area contributed by atoms with Crippen LogP contribution >= 0.6 is 22.6 Å². The van der Waals surface area contributed by atoms with E-state index in [-0.39, 0.29) is 5.92 Å². The lowest BCUT2D eigenvalue weighted by atomic mass is 9.91. The van der Waals surface area contributed by atoms with Gasteiger partial charge in [0.1, 0.15) is 15.1 Å². The number of aromatic nitrogens is 2. The normalized spacial score (nSPS) is 21.1. The fourth-order valence-electron chi connectivity index (χ4n) is 4.76. The first-order valence-electron chi connectivity index (χ1n) is 10.7. The van der Waals surface area contributed by atoms with Crippen LogP contribution in [0, 0.1) is 3.70 Å². The van der Waals surface area contributed by atoms with E-state index in [9.17, 15) is 19.5 Å². The van der Waals surface area contributed by atoms with Crippen LogP contribution in [0.2, 0.25) is 0 Å². The molecule has 2 aliphatic rings. The van der Waals surface area contributed by atoms with Gasteiger partial charge < -0.3 is 14.6 Å². The smallest absolute Gasteiger partial charge is 0.435 e. The number of carboxylic acid groups (broad SMARTS) is 1. The van der Waals surface area contributed by atoms with Crippen molar-refractivity contribution in [1.82, 2.24) is 9.78 Å². The molecule has 34 heavy (non-hydrogen) atoms. The Morgan fingerprint density at radius 1 is 1.21 bits per heavy atom. The first kappa shape index (κ1) is 22.6. The van der Waals surface area contributed by atoms with Gasteiger partial charge in [-0.3, -0.25) is 4.79 Å². The molecule has 1 aliphatic carbocycles. The van der Waals surface area contributed by atoms with E-state index in [1.54, 1.807) is 39.0 Å². The Hall–Kier alpha value is -3.15. The van der Waals surface area contributed by atoms with Gasteiger partial charge in [-0.25, -0.2) is 14.5 Å². The Labute approximate surface area is 208 Å². The summed E-state index contributed by atoms with van der Waals surface area (Å²) in [6, 6.07) is 10.6. The number of ether oxygens (including phenoxy) is 2. The van der Waals surface area contributed by atoms with E-state index in [0.717, 1.165) is 15.8 Å². The van der Waals surface area contributed by atoms with Gasteiger partial charge in [0, 0.05) is 11.3 Å². The predicted molar refractivity (Wildman–Crippen MR) is 132 cm³/mol. The van der Waals surface area contributed by atoms with Crippen molar-refractivity contribution in [3.8, 4) is 5.75 Å². The molecule has 2 atom stereocenters. The predicted octanol–water partition coefficient (Wildman–Crippen LogP) is 4.88. The minimum atomic E-state index is -1.31. The molecule has 3 aromatic rings. The average molecular weight is 575 g/mol. The molecule has 5 rings (SSSR count). The second-order valence-electron chi connectivity index (χ2n) is 9.49. The van der Waals surface area contributed by atoms with Crippen molar-refractivity contribution in [1.29, 1.82) is 0 Å². The van der Waals surface area contributed by atoms with Gasteiger partial charge in [0.2, 0.25) is 5.91 Å². The van der Waals surface area contributed by atoms with Crippen molar-refractivity contribution >= 4 is 57.3 Å².